The molecule has 0 aromatic heterocycles. The van der Waals surface area contributed by atoms with Gasteiger partial charge in [-0.15, -0.1) is 0 Å². The van der Waals surface area contributed by atoms with E-state index in [4.69, 9.17) is 22.1 Å². The van der Waals surface area contributed by atoms with Crippen molar-refractivity contribution >= 4 is 11.6 Å². The van der Waals surface area contributed by atoms with Gasteiger partial charge in [-0.1, -0.05) is 23.7 Å². The summed E-state index contributed by atoms with van der Waals surface area (Å²) in [4.78, 5) is 0. The highest BCUT2D eigenvalue weighted by Gasteiger charge is 2.30. The third kappa shape index (κ3) is 4.93. The van der Waals surface area contributed by atoms with Crippen LogP contribution in [-0.2, 0) is 4.74 Å². The van der Waals surface area contributed by atoms with Gasteiger partial charge < -0.3 is 10.5 Å². The monoisotopic (exact) mass is 267 g/mol. The largest absolute Gasteiger partial charge is 0.411 e. The van der Waals surface area contributed by atoms with Crippen molar-refractivity contribution in [2.45, 2.75) is 25.2 Å². The molecule has 1 rings (SSSR count). The van der Waals surface area contributed by atoms with E-state index in [1.54, 1.807) is 31.2 Å². The van der Waals surface area contributed by atoms with Gasteiger partial charge in [-0.2, -0.15) is 13.2 Å². The van der Waals surface area contributed by atoms with Gasteiger partial charge in [-0.25, -0.2) is 0 Å². The smallest absolute Gasteiger partial charge is 0.362 e. The third-order valence-electron chi connectivity index (χ3n) is 2.10. The Labute approximate surface area is 103 Å². The Morgan fingerprint density at radius 3 is 2.24 bits per heavy atom. The fraction of sp³-hybridized carbons (Fsp3) is 0.455. The predicted octanol–water partition coefficient (Wildman–Crippen LogP) is 3.31. The molecule has 0 spiro atoms. The first kappa shape index (κ1) is 14.3. The van der Waals surface area contributed by atoms with Crippen LogP contribution in [0.3, 0.4) is 0 Å². The first-order chi connectivity index (χ1) is 7.79. The van der Waals surface area contributed by atoms with Crippen LogP contribution in [0.5, 0.6) is 0 Å². The lowest BCUT2D eigenvalue weighted by molar-refractivity contribution is -0.187. The molecule has 0 amide bonds. The molecular weight excluding hydrogens is 255 g/mol. The molecule has 0 aliphatic carbocycles. The van der Waals surface area contributed by atoms with E-state index in [0.29, 0.717) is 10.6 Å². The molecule has 0 fully saturated rings. The Morgan fingerprint density at radius 1 is 1.29 bits per heavy atom. The normalized spacial score (nSPS) is 15.6. The highest BCUT2D eigenvalue weighted by atomic mass is 35.5. The van der Waals surface area contributed by atoms with Crippen molar-refractivity contribution in [1.29, 1.82) is 0 Å². The Morgan fingerprint density at radius 2 is 1.82 bits per heavy atom. The minimum atomic E-state index is -4.36. The van der Waals surface area contributed by atoms with Gasteiger partial charge in [0.1, 0.15) is 6.61 Å². The minimum absolute atomic E-state index is 0.507. The Hall–Kier alpha value is -0.780. The Bertz CT molecular complexity index is 351. The number of ether oxygens (including phenoxy) is 1. The molecule has 2 nitrogen and oxygen atoms in total. The quantitative estimate of drug-likeness (QED) is 0.908. The molecule has 0 saturated carbocycles. The van der Waals surface area contributed by atoms with Crippen LogP contribution in [0.4, 0.5) is 13.2 Å². The second kappa shape index (κ2) is 5.71. The lowest BCUT2D eigenvalue weighted by atomic mass is 10.0. The van der Waals surface area contributed by atoms with E-state index in [1.165, 1.54) is 0 Å². The zero-order valence-corrected chi connectivity index (χ0v) is 9.92. The molecule has 2 unspecified atom stereocenters. The molecule has 17 heavy (non-hydrogen) atoms. The second-order valence-electron chi connectivity index (χ2n) is 3.76. The van der Waals surface area contributed by atoms with E-state index >= 15 is 0 Å². The van der Waals surface area contributed by atoms with Crippen molar-refractivity contribution in [1.82, 2.24) is 0 Å². The number of hydrogen-bond donors (Lipinski definition) is 1. The first-order valence-corrected chi connectivity index (χ1v) is 5.37. The maximum Gasteiger partial charge on any atom is 0.411 e. The summed E-state index contributed by atoms with van der Waals surface area (Å²) >= 11 is 5.69. The molecule has 0 heterocycles. The van der Waals surface area contributed by atoms with Crippen LogP contribution in [-0.4, -0.2) is 18.8 Å². The number of benzene rings is 1. The van der Waals surface area contributed by atoms with Gasteiger partial charge in [0.05, 0.1) is 6.10 Å². The molecule has 2 N–H and O–H groups in total. The molecule has 0 bridgehead atoms. The zero-order chi connectivity index (χ0) is 13.1. The van der Waals surface area contributed by atoms with Gasteiger partial charge in [0.15, 0.2) is 0 Å². The van der Waals surface area contributed by atoms with Crippen molar-refractivity contribution in [2.75, 3.05) is 6.61 Å². The molecule has 6 heteroatoms. The molecule has 0 aliphatic rings. The maximum atomic E-state index is 12.1. The number of halogens is 4. The summed E-state index contributed by atoms with van der Waals surface area (Å²) in [5, 5.41) is 0.507. The SMILES string of the molecule is CC(N)C(OCC(F)(F)F)c1ccc(Cl)cc1. The van der Waals surface area contributed by atoms with Crippen LogP contribution < -0.4 is 5.73 Å². The van der Waals surface area contributed by atoms with E-state index < -0.39 is 24.9 Å². The lowest BCUT2D eigenvalue weighted by Gasteiger charge is -2.22. The molecule has 1 aromatic carbocycles. The van der Waals surface area contributed by atoms with Crippen LogP contribution in [0.1, 0.15) is 18.6 Å². The first-order valence-electron chi connectivity index (χ1n) is 4.99. The van der Waals surface area contributed by atoms with Crippen molar-refractivity contribution in [3.05, 3.63) is 34.9 Å². The maximum absolute atomic E-state index is 12.1. The fourth-order valence-corrected chi connectivity index (χ4v) is 1.51. The summed E-state index contributed by atoms with van der Waals surface area (Å²) in [6, 6.07) is 5.84. The summed E-state index contributed by atoms with van der Waals surface area (Å²) in [6.45, 7) is 0.275. The van der Waals surface area contributed by atoms with Crippen molar-refractivity contribution in [3.8, 4) is 0 Å². The number of nitrogens with two attached hydrogens (primary N) is 1. The molecule has 0 aliphatic heterocycles. The minimum Gasteiger partial charge on any atom is -0.362 e. The second-order valence-corrected chi connectivity index (χ2v) is 4.19. The molecule has 0 radical (unpaired) electrons. The van der Waals surface area contributed by atoms with Crippen LogP contribution in [0.2, 0.25) is 5.02 Å². The predicted molar refractivity (Wildman–Crippen MR) is 59.8 cm³/mol. The highest BCUT2D eigenvalue weighted by Crippen LogP contribution is 2.25. The van der Waals surface area contributed by atoms with Crippen molar-refractivity contribution < 1.29 is 17.9 Å². The fourth-order valence-electron chi connectivity index (χ4n) is 1.39. The van der Waals surface area contributed by atoms with E-state index in [2.05, 4.69) is 0 Å². The van der Waals surface area contributed by atoms with Crippen molar-refractivity contribution in [2.24, 2.45) is 5.73 Å². The van der Waals surface area contributed by atoms with Gasteiger partial charge in [0.2, 0.25) is 0 Å². The summed E-state index contributed by atoms with van der Waals surface area (Å²) in [5.74, 6) is 0. The Balaban J connectivity index is 2.76. The van der Waals surface area contributed by atoms with Crippen LogP contribution in [0.25, 0.3) is 0 Å². The van der Waals surface area contributed by atoms with Crippen LogP contribution >= 0.6 is 11.6 Å². The van der Waals surface area contributed by atoms with Gasteiger partial charge in [-0.05, 0) is 24.6 Å². The van der Waals surface area contributed by atoms with Crippen LogP contribution in [0, 0.1) is 0 Å². The summed E-state index contributed by atoms with van der Waals surface area (Å²) in [5.41, 5.74) is 6.19. The summed E-state index contributed by atoms with van der Waals surface area (Å²) < 4.78 is 41.0. The van der Waals surface area contributed by atoms with E-state index in [0.717, 1.165) is 0 Å². The molecule has 2 atom stereocenters. The molecule has 0 saturated heterocycles. The molecular formula is C11H13ClF3NO. The number of hydrogen-bond acceptors (Lipinski definition) is 2. The number of alkyl halides is 3. The lowest BCUT2D eigenvalue weighted by Crippen LogP contribution is -2.30. The van der Waals surface area contributed by atoms with Gasteiger partial charge in [0.25, 0.3) is 0 Å². The van der Waals surface area contributed by atoms with Gasteiger partial charge in [-0.3, -0.25) is 0 Å². The zero-order valence-electron chi connectivity index (χ0n) is 9.17. The number of rotatable bonds is 4. The van der Waals surface area contributed by atoms with E-state index in [1.807, 2.05) is 0 Å². The van der Waals surface area contributed by atoms with E-state index in [9.17, 15) is 13.2 Å². The van der Waals surface area contributed by atoms with Crippen molar-refractivity contribution in [3.63, 3.8) is 0 Å². The van der Waals surface area contributed by atoms with E-state index in [-0.39, 0.29) is 0 Å². The average Bonchev–Trinajstić information content (AvgIpc) is 2.18. The summed E-state index contributed by atoms with van der Waals surface area (Å²) in [6.07, 6.45) is -5.16. The molecule has 1 aromatic rings. The standard InChI is InChI=1S/C11H13ClF3NO/c1-7(16)10(17-6-11(13,14)15)8-2-4-9(12)5-3-8/h2-5,7,10H,6,16H2,1H3. The van der Waals surface area contributed by atoms with Gasteiger partial charge in [0, 0.05) is 11.1 Å². The Kier molecular flexibility index (Phi) is 4.80. The van der Waals surface area contributed by atoms with Crippen LogP contribution in [0.15, 0.2) is 24.3 Å². The third-order valence-corrected chi connectivity index (χ3v) is 2.35. The summed E-state index contributed by atoms with van der Waals surface area (Å²) in [7, 11) is 0. The molecule has 96 valence electrons. The highest BCUT2D eigenvalue weighted by molar-refractivity contribution is 6.30. The average molecular weight is 268 g/mol. The topological polar surface area (TPSA) is 35.2 Å². The van der Waals surface area contributed by atoms with Gasteiger partial charge >= 0.3 is 6.18 Å².